The van der Waals surface area contributed by atoms with Crippen LogP contribution < -0.4 is 5.73 Å². The van der Waals surface area contributed by atoms with Gasteiger partial charge in [0.1, 0.15) is 0 Å². The Hall–Kier alpha value is -0.290. The third-order valence-electron chi connectivity index (χ3n) is 0.564. The lowest BCUT2D eigenvalue weighted by Gasteiger charge is -1.83. The average molecular weight is 129 g/mol. The van der Waals surface area contributed by atoms with Crippen LogP contribution in [-0.2, 0) is 0 Å². The summed E-state index contributed by atoms with van der Waals surface area (Å²) in [5.41, 5.74) is 6.46. The van der Waals surface area contributed by atoms with Crippen molar-refractivity contribution >= 4 is 8.58 Å². The van der Waals surface area contributed by atoms with Crippen LogP contribution >= 0.6 is 8.58 Å². The minimum Gasteiger partial charge on any atom is -0.405 e. The first-order chi connectivity index (χ1) is 3.77. The lowest BCUT2D eigenvalue weighted by molar-refractivity contribution is 1.41. The highest BCUT2D eigenvalue weighted by Crippen LogP contribution is 2.14. The van der Waals surface area contributed by atoms with Crippen molar-refractivity contribution < 1.29 is 0 Å². The summed E-state index contributed by atoms with van der Waals surface area (Å²) in [4.78, 5) is 0. The zero-order chi connectivity index (χ0) is 6.41. The molecule has 0 aliphatic heterocycles. The number of allylic oxidation sites excluding steroid dienone is 1. The Bertz CT molecular complexity index is 101. The third kappa shape index (κ3) is 5.71. The minimum atomic E-state index is 0.745. The van der Waals surface area contributed by atoms with E-state index >= 15 is 0 Å². The second kappa shape index (κ2) is 4.86. The fourth-order valence-electron chi connectivity index (χ4n) is 0.270. The topological polar surface area (TPSA) is 26.0 Å². The summed E-state index contributed by atoms with van der Waals surface area (Å²) in [5, 5.41) is 0. The Morgan fingerprint density at radius 3 is 2.50 bits per heavy atom. The van der Waals surface area contributed by atoms with Crippen molar-refractivity contribution in [3.63, 3.8) is 0 Å². The second-order valence-electron chi connectivity index (χ2n) is 1.75. The number of nitrogens with two attached hydrogens (primary N) is 1. The first-order valence-corrected chi connectivity index (χ1v) is 3.69. The zero-order valence-corrected chi connectivity index (χ0v) is 6.31. The van der Waals surface area contributed by atoms with Crippen molar-refractivity contribution in [3.05, 3.63) is 23.4 Å². The fraction of sp³-hybridized carbons (Fsp3) is 0.333. The van der Waals surface area contributed by atoms with Gasteiger partial charge in [0.25, 0.3) is 0 Å². The molecule has 1 unspecified atom stereocenters. The van der Waals surface area contributed by atoms with Crippen molar-refractivity contribution in [1.82, 2.24) is 0 Å². The van der Waals surface area contributed by atoms with Crippen molar-refractivity contribution in [2.24, 2.45) is 5.73 Å². The summed E-state index contributed by atoms with van der Waals surface area (Å²) in [5.74, 6) is 4.11. The Morgan fingerprint density at radius 2 is 2.12 bits per heavy atom. The van der Waals surface area contributed by atoms with Gasteiger partial charge in [-0.2, -0.15) is 0 Å². The SMILES string of the molecule is CC(C)=CP/C=C\N. The van der Waals surface area contributed by atoms with Crippen LogP contribution in [0.3, 0.4) is 0 Å². The Morgan fingerprint density at radius 1 is 1.50 bits per heavy atom. The third-order valence-corrected chi connectivity index (χ3v) is 1.69. The number of rotatable bonds is 2. The molecule has 0 bridgehead atoms. The van der Waals surface area contributed by atoms with Crippen LogP contribution in [0.5, 0.6) is 0 Å². The molecule has 1 nitrogen and oxygen atoms in total. The van der Waals surface area contributed by atoms with Crippen molar-refractivity contribution in [2.45, 2.75) is 13.8 Å². The van der Waals surface area contributed by atoms with Crippen LogP contribution in [0.25, 0.3) is 0 Å². The van der Waals surface area contributed by atoms with Crippen LogP contribution in [0.1, 0.15) is 13.8 Å². The highest BCUT2D eigenvalue weighted by molar-refractivity contribution is 7.45. The number of hydrogen-bond acceptors (Lipinski definition) is 1. The van der Waals surface area contributed by atoms with Crippen molar-refractivity contribution in [2.75, 3.05) is 0 Å². The quantitative estimate of drug-likeness (QED) is 0.567. The molecular weight excluding hydrogens is 117 g/mol. The van der Waals surface area contributed by atoms with Crippen molar-refractivity contribution in [1.29, 1.82) is 0 Å². The smallest absolute Gasteiger partial charge is 0.00570 e. The zero-order valence-electron chi connectivity index (χ0n) is 5.31. The van der Waals surface area contributed by atoms with Crippen LogP contribution in [0.2, 0.25) is 0 Å². The van der Waals surface area contributed by atoms with Gasteiger partial charge >= 0.3 is 0 Å². The number of hydrogen-bond donors (Lipinski definition) is 1. The van der Waals surface area contributed by atoms with E-state index in [0.29, 0.717) is 0 Å². The van der Waals surface area contributed by atoms with Gasteiger partial charge in [-0.3, -0.25) is 0 Å². The molecule has 8 heavy (non-hydrogen) atoms. The lowest BCUT2D eigenvalue weighted by Crippen LogP contribution is -1.70. The van der Waals surface area contributed by atoms with E-state index in [4.69, 9.17) is 5.73 Å². The van der Waals surface area contributed by atoms with E-state index in [1.54, 1.807) is 6.20 Å². The van der Waals surface area contributed by atoms with E-state index in [1.165, 1.54) is 5.57 Å². The molecule has 0 aromatic heterocycles. The molecule has 0 rings (SSSR count). The summed E-state index contributed by atoms with van der Waals surface area (Å²) in [7, 11) is 0.745. The Labute approximate surface area is 52.4 Å². The molecule has 46 valence electrons. The maximum atomic E-state index is 5.11. The molecular formula is C6H12NP. The molecule has 2 heteroatoms. The molecule has 0 saturated heterocycles. The lowest BCUT2D eigenvalue weighted by atomic mass is 10.4. The molecule has 1 atom stereocenters. The van der Waals surface area contributed by atoms with Crippen LogP contribution in [0.4, 0.5) is 0 Å². The van der Waals surface area contributed by atoms with Gasteiger partial charge in [-0.1, -0.05) is 20.0 Å². The highest BCUT2D eigenvalue weighted by Gasteiger charge is 1.71. The molecule has 0 spiro atoms. The van der Waals surface area contributed by atoms with Gasteiger partial charge in [0.15, 0.2) is 0 Å². The van der Waals surface area contributed by atoms with Gasteiger partial charge in [0.05, 0.1) is 0 Å². The molecule has 0 fully saturated rings. The van der Waals surface area contributed by atoms with E-state index in [9.17, 15) is 0 Å². The van der Waals surface area contributed by atoms with Crippen LogP contribution in [0.15, 0.2) is 23.4 Å². The normalized spacial score (nSPS) is 11.2. The van der Waals surface area contributed by atoms with Gasteiger partial charge in [0.2, 0.25) is 0 Å². The molecule has 0 radical (unpaired) electrons. The fourth-order valence-corrected chi connectivity index (χ4v) is 0.811. The van der Waals surface area contributed by atoms with Gasteiger partial charge in [-0.25, -0.2) is 0 Å². The Kier molecular flexibility index (Phi) is 4.68. The maximum Gasteiger partial charge on any atom is -0.00570 e. The average Bonchev–Trinajstić information content (AvgIpc) is 1.66. The van der Waals surface area contributed by atoms with Crippen LogP contribution in [0, 0.1) is 0 Å². The second-order valence-corrected chi connectivity index (χ2v) is 2.70. The molecule has 2 N–H and O–H groups in total. The molecule has 0 aromatic carbocycles. The van der Waals surface area contributed by atoms with E-state index in [2.05, 4.69) is 19.7 Å². The van der Waals surface area contributed by atoms with E-state index in [-0.39, 0.29) is 0 Å². The van der Waals surface area contributed by atoms with Gasteiger partial charge in [-0.15, -0.1) is 0 Å². The van der Waals surface area contributed by atoms with Gasteiger partial charge in [0, 0.05) is 0 Å². The summed E-state index contributed by atoms with van der Waals surface area (Å²) >= 11 is 0. The van der Waals surface area contributed by atoms with Gasteiger partial charge in [-0.05, 0) is 25.9 Å². The van der Waals surface area contributed by atoms with E-state index < -0.39 is 0 Å². The molecule has 0 aromatic rings. The predicted octanol–water partition coefficient (Wildman–Crippen LogP) is 2.02. The highest BCUT2D eigenvalue weighted by atomic mass is 31.1. The molecule has 0 aliphatic rings. The monoisotopic (exact) mass is 129 g/mol. The van der Waals surface area contributed by atoms with Crippen LogP contribution in [-0.4, -0.2) is 0 Å². The summed E-state index contributed by atoms with van der Waals surface area (Å²) in [6.45, 7) is 4.16. The van der Waals surface area contributed by atoms with E-state index in [1.807, 2.05) is 5.82 Å². The predicted molar refractivity (Wildman–Crippen MR) is 41.1 cm³/mol. The Balaban J connectivity index is 3.30. The first-order valence-electron chi connectivity index (χ1n) is 2.53. The van der Waals surface area contributed by atoms with E-state index in [0.717, 1.165) is 8.58 Å². The molecule has 0 heterocycles. The minimum absolute atomic E-state index is 0.745. The maximum absolute atomic E-state index is 5.11. The standard InChI is InChI=1S/C6H12NP/c1-6(2)5-8-4-3-7/h3-5,8H,7H2,1-2H3/b4-3-. The summed E-state index contributed by atoms with van der Waals surface area (Å²) in [6, 6.07) is 0. The molecule has 0 amide bonds. The first kappa shape index (κ1) is 7.71. The van der Waals surface area contributed by atoms with Gasteiger partial charge < -0.3 is 5.73 Å². The molecule has 0 saturated carbocycles. The largest absolute Gasteiger partial charge is 0.405 e. The summed E-state index contributed by atoms with van der Waals surface area (Å²) < 4.78 is 0. The molecule has 0 aliphatic carbocycles. The van der Waals surface area contributed by atoms with Crippen molar-refractivity contribution in [3.8, 4) is 0 Å². The summed E-state index contributed by atoms with van der Waals surface area (Å²) in [6.07, 6.45) is 1.58.